The van der Waals surface area contributed by atoms with E-state index in [4.69, 9.17) is 9.47 Å². The molecule has 0 spiro atoms. The molecule has 14 heavy (non-hydrogen) atoms. The van der Waals surface area contributed by atoms with Crippen molar-refractivity contribution in [3.63, 3.8) is 0 Å². The summed E-state index contributed by atoms with van der Waals surface area (Å²) in [6.45, 7) is 1.84. The number of carbonyl (C=O) groups excluding carboxylic acids is 2. The second-order valence-electron chi connectivity index (χ2n) is 3.59. The van der Waals surface area contributed by atoms with Gasteiger partial charge < -0.3 is 9.47 Å². The molecule has 0 bridgehead atoms. The Morgan fingerprint density at radius 2 is 2.29 bits per heavy atom. The molecule has 0 saturated carbocycles. The van der Waals surface area contributed by atoms with Crippen LogP contribution in [0.25, 0.3) is 0 Å². The van der Waals surface area contributed by atoms with Gasteiger partial charge in [0.25, 0.3) is 0 Å². The van der Waals surface area contributed by atoms with E-state index >= 15 is 0 Å². The number of hydrogen-bond acceptors (Lipinski definition) is 4. The Labute approximate surface area is 81.9 Å². The summed E-state index contributed by atoms with van der Waals surface area (Å²) in [5.41, 5.74) is -0.663. The minimum atomic E-state index is -0.663. The van der Waals surface area contributed by atoms with E-state index in [1.54, 1.807) is 0 Å². The van der Waals surface area contributed by atoms with E-state index in [1.807, 2.05) is 6.92 Å². The molecule has 1 saturated heterocycles. The Bertz CT molecular complexity index is 318. The van der Waals surface area contributed by atoms with E-state index in [2.05, 4.69) is 0 Å². The third-order valence-corrected chi connectivity index (χ3v) is 2.74. The summed E-state index contributed by atoms with van der Waals surface area (Å²) >= 11 is 0. The van der Waals surface area contributed by atoms with Crippen LogP contribution < -0.4 is 0 Å². The van der Waals surface area contributed by atoms with Crippen LogP contribution >= 0.6 is 0 Å². The fraction of sp³-hybridized carbons (Fsp3) is 0.600. The number of ketones is 1. The van der Waals surface area contributed by atoms with Gasteiger partial charge in [0.2, 0.25) is 0 Å². The third kappa shape index (κ3) is 1.31. The summed E-state index contributed by atoms with van der Waals surface area (Å²) in [5, 5.41) is 0. The Hall–Kier alpha value is -1.32. The van der Waals surface area contributed by atoms with Crippen LogP contribution in [0.15, 0.2) is 11.8 Å². The number of allylic oxidation sites excluding steroid dienone is 1. The summed E-state index contributed by atoms with van der Waals surface area (Å²) in [6, 6.07) is 0. The second-order valence-corrected chi connectivity index (χ2v) is 3.59. The number of fused-ring (bicyclic) bond motifs is 1. The molecule has 0 amide bonds. The van der Waals surface area contributed by atoms with Crippen LogP contribution in [0, 0.1) is 0 Å². The van der Waals surface area contributed by atoms with Gasteiger partial charge in [-0.2, -0.15) is 0 Å². The van der Waals surface area contributed by atoms with Gasteiger partial charge in [0.05, 0.1) is 0 Å². The summed E-state index contributed by atoms with van der Waals surface area (Å²) in [7, 11) is 0. The average molecular weight is 196 g/mol. The van der Waals surface area contributed by atoms with Crippen molar-refractivity contribution in [2.24, 2.45) is 0 Å². The van der Waals surface area contributed by atoms with Gasteiger partial charge >= 0.3 is 5.97 Å². The summed E-state index contributed by atoms with van der Waals surface area (Å²) in [6.07, 6.45) is 3.07. The lowest BCUT2D eigenvalue weighted by Gasteiger charge is -2.39. The minimum Gasteiger partial charge on any atom is -0.482 e. The standard InChI is InChI=1S/C10H12O4/c1-2-10-4-3-7(11)5-8(10)13-6-9(12)14-10/h5H,2-4,6H2,1H3/t10-/m0/s1. The summed E-state index contributed by atoms with van der Waals surface area (Å²) in [4.78, 5) is 22.3. The van der Waals surface area contributed by atoms with Crippen LogP contribution in [-0.2, 0) is 19.1 Å². The quantitative estimate of drug-likeness (QED) is 0.586. The number of esters is 1. The molecule has 1 aliphatic heterocycles. The fourth-order valence-corrected chi connectivity index (χ4v) is 1.88. The number of hydrogen-bond donors (Lipinski definition) is 0. The highest BCUT2D eigenvalue weighted by molar-refractivity contribution is 5.92. The van der Waals surface area contributed by atoms with Crippen LogP contribution in [0.5, 0.6) is 0 Å². The normalized spacial score (nSPS) is 31.4. The first-order chi connectivity index (χ1) is 6.66. The smallest absolute Gasteiger partial charge is 0.345 e. The highest BCUT2D eigenvalue weighted by atomic mass is 16.6. The summed E-state index contributed by atoms with van der Waals surface area (Å²) < 4.78 is 10.5. The van der Waals surface area contributed by atoms with Crippen molar-refractivity contribution in [1.82, 2.24) is 0 Å². The molecule has 0 unspecified atom stereocenters. The van der Waals surface area contributed by atoms with Crippen molar-refractivity contribution in [2.45, 2.75) is 31.8 Å². The molecule has 2 rings (SSSR count). The largest absolute Gasteiger partial charge is 0.482 e. The monoisotopic (exact) mass is 196 g/mol. The molecule has 0 radical (unpaired) electrons. The first kappa shape index (κ1) is 9.24. The molecule has 4 heteroatoms. The maximum absolute atomic E-state index is 11.2. The van der Waals surface area contributed by atoms with Gasteiger partial charge in [-0.3, -0.25) is 4.79 Å². The molecule has 0 N–H and O–H groups in total. The Kier molecular flexibility index (Phi) is 2.06. The zero-order valence-corrected chi connectivity index (χ0v) is 8.04. The zero-order valence-electron chi connectivity index (χ0n) is 8.04. The number of rotatable bonds is 1. The maximum Gasteiger partial charge on any atom is 0.345 e. The van der Waals surface area contributed by atoms with E-state index in [-0.39, 0.29) is 18.4 Å². The van der Waals surface area contributed by atoms with Gasteiger partial charge in [0, 0.05) is 18.9 Å². The van der Waals surface area contributed by atoms with Crippen LogP contribution in [0.2, 0.25) is 0 Å². The maximum atomic E-state index is 11.2. The molecule has 76 valence electrons. The first-order valence-corrected chi connectivity index (χ1v) is 4.76. The molecule has 0 aromatic carbocycles. The minimum absolute atomic E-state index is 0.0435. The SMILES string of the molecule is CC[C@]12CCC(=O)C=C1OCC(=O)O2. The van der Waals surface area contributed by atoms with Crippen LogP contribution in [0.3, 0.4) is 0 Å². The Balaban J connectivity index is 2.34. The van der Waals surface area contributed by atoms with Crippen molar-refractivity contribution in [3.05, 3.63) is 11.8 Å². The highest BCUT2D eigenvalue weighted by Crippen LogP contribution is 2.37. The van der Waals surface area contributed by atoms with Crippen molar-refractivity contribution < 1.29 is 19.1 Å². The number of ether oxygens (including phenoxy) is 2. The predicted octanol–water partition coefficient (Wildman–Crippen LogP) is 0.955. The molecule has 4 nitrogen and oxygen atoms in total. The molecule has 0 aromatic rings. The van der Waals surface area contributed by atoms with E-state index in [9.17, 15) is 9.59 Å². The fourth-order valence-electron chi connectivity index (χ4n) is 1.88. The summed E-state index contributed by atoms with van der Waals surface area (Å²) in [5.74, 6) is 0.219. The van der Waals surface area contributed by atoms with E-state index in [0.29, 0.717) is 25.0 Å². The molecule has 0 aromatic heterocycles. The third-order valence-electron chi connectivity index (χ3n) is 2.74. The van der Waals surface area contributed by atoms with E-state index in [0.717, 1.165) is 0 Å². The topological polar surface area (TPSA) is 52.6 Å². The molecule has 2 aliphatic rings. The number of carbonyl (C=O) groups is 2. The second kappa shape index (κ2) is 3.12. The zero-order chi connectivity index (χ0) is 10.2. The molecular weight excluding hydrogens is 184 g/mol. The van der Waals surface area contributed by atoms with Crippen molar-refractivity contribution >= 4 is 11.8 Å². The molecule has 1 aliphatic carbocycles. The predicted molar refractivity (Wildman–Crippen MR) is 47.4 cm³/mol. The highest BCUT2D eigenvalue weighted by Gasteiger charge is 2.44. The van der Waals surface area contributed by atoms with Crippen molar-refractivity contribution in [1.29, 1.82) is 0 Å². The lowest BCUT2D eigenvalue weighted by atomic mass is 9.85. The van der Waals surface area contributed by atoms with Gasteiger partial charge in [-0.15, -0.1) is 0 Å². The molecule has 1 fully saturated rings. The Morgan fingerprint density at radius 1 is 1.50 bits per heavy atom. The van der Waals surface area contributed by atoms with Crippen LogP contribution in [-0.4, -0.2) is 24.0 Å². The van der Waals surface area contributed by atoms with E-state index < -0.39 is 5.60 Å². The van der Waals surface area contributed by atoms with Crippen molar-refractivity contribution in [3.8, 4) is 0 Å². The average Bonchev–Trinajstić information content (AvgIpc) is 2.19. The van der Waals surface area contributed by atoms with Crippen molar-refractivity contribution in [2.75, 3.05) is 6.61 Å². The van der Waals surface area contributed by atoms with Gasteiger partial charge in [0.1, 0.15) is 5.76 Å². The Morgan fingerprint density at radius 3 is 3.00 bits per heavy atom. The van der Waals surface area contributed by atoms with Gasteiger partial charge in [-0.25, -0.2) is 4.79 Å². The lowest BCUT2D eigenvalue weighted by Crippen LogP contribution is -2.45. The molecule has 1 atom stereocenters. The lowest BCUT2D eigenvalue weighted by molar-refractivity contribution is -0.179. The van der Waals surface area contributed by atoms with Crippen LogP contribution in [0.4, 0.5) is 0 Å². The van der Waals surface area contributed by atoms with Gasteiger partial charge in [-0.05, 0) is 6.42 Å². The molecular formula is C10H12O4. The molecule has 1 heterocycles. The van der Waals surface area contributed by atoms with E-state index in [1.165, 1.54) is 6.08 Å². The van der Waals surface area contributed by atoms with Gasteiger partial charge in [0.15, 0.2) is 18.0 Å². The van der Waals surface area contributed by atoms with Crippen LogP contribution in [0.1, 0.15) is 26.2 Å². The first-order valence-electron chi connectivity index (χ1n) is 4.76. The van der Waals surface area contributed by atoms with Gasteiger partial charge in [-0.1, -0.05) is 6.92 Å².